The summed E-state index contributed by atoms with van der Waals surface area (Å²) in [4.78, 5) is 13.3. The quantitative estimate of drug-likeness (QED) is 0.689. The molecule has 0 N–H and O–H groups in total. The van der Waals surface area contributed by atoms with Crippen molar-refractivity contribution in [3.8, 4) is 0 Å². The van der Waals surface area contributed by atoms with E-state index < -0.39 is 15.8 Å². The van der Waals surface area contributed by atoms with Crippen molar-refractivity contribution < 1.29 is 17.9 Å². The van der Waals surface area contributed by atoms with Gasteiger partial charge in [-0.3, -0.25) is 4.90 Å². The summed E-state index contributed by atoms with van der Waals surface area (Å²) in [5, 5.41) is 0. The van der Waals surface area contributed by atoms with Crippen LogP contribution in [0.25, 0.3) is 0 Å². The van der Waals surface area contributed by atoms with Crippen molar-refractivity contribution in [1.82, 2.24) is 4.90 Å². The minimum absolute atomic E-state index is 0.0232. The van der Waals surface area contributed by atoms with Crippen LogP contribution in [0.3, 0.4) is 0 Å². The van der Waals surface area contributed by atoms with Gasteiger partial charge in [0.25, 0.3) is 0 Å². The second-order valence-electron chi connectivity index (χ2n) is 4.07. The van der Waals surface area contributed by atoms with Crippen LogP contribution in [0, 0.1) is 0 Å². The predicted octanol–water partition coefficient (Wildman–Crippen LogP) is 0.650. The van der Waals surface area contributed by atoms with E-state index in [1.165, 1.54) is 13.2 Å². The molecule has 0 aliphatic carbocycles. The number of esters is 1. The van der Waals surface area contributed by atoms with Gasteiger partial charge in [0.1, 0.15) is 5.88 Å². The summed E-state index contributed by atoms with van der Waals surface area (Å²) in [5.41, 5.74) is 0.978. The Bertz CT molecular complexity index is 565. The van der Waals surface area contributed by atoms with Crippen LogP contribution in [-0.4, -0.2) is 39.3 Å². The molecular formula is C11H13NO4S. The highest BCUT2D eigenvalue weighted by Gasteiger charge is 2.27. The fraction of sp³-hybridized carbons (Fsp3) is 0.364. The lowest BCUT2D eigenvalue weighted by Crippen LogP contribution is -2.31. The Morgan fingerprint density at radius 3 is 2.76 bits per heavy atom. The molecule has 0 spiro atoms. The molecule has 0 fully saturated rings. The Kier molecular flexibility index (Phi) is 2.92. The number of carbonyl (C=O) groups is 1. The number of rotatable bonds is 1. The smallest absolute Gasteiger partial charge is 0.337 e. The molecule has 0 unspecified atom stereocenters. The van der Waals surface area contributed by atoms with Crippen molar-refractivity contribution in [2.45, 2.75) is 11.4 Å². The largest absolute Gasteiger partial charge is 0.465 e. The lowest BCUT2D eigenvalue weighted by molar-refractivity contribution is 0.0600. The number of methoxy groups -OCH3 is 1. The number of fused-ring (bicyclic) bond motifs is 1. The van der Waals surface area contributed by atoms with Crippen LogP contribution in [0.2, 0.25) is 0 Å². The van der Waals surface area contributed by atoms with Gasteiger partial charge in [-0.1, -0.05) is 6.07 Å². The van der Waals surface area contributed by atoms with Gasteiger partial charge in [0, 0.05) is 6.54 Å². The van der Waals surface area contributed by atoms with E-state index in [0.717, 1.165) is 0 Å². The number of nitrogens with zero attached hydrogens (tertiary/aromatic N) is 1. The first-order valence-electron chi connectivity index (χ1n) is 5.06. The topological polar surface area (TPSA) is 63.7 Å². The van der Waals surface area contributed by atoms with Crippen LogP contribution in [0.5, 0.6) is 0 Å². The molecule has 1 aromatic rings. The fourth-order valence-corrected chi connectivity index (χ4v) is 3.56. The number of ether oxygens (including phenoxy) is 1. The van der Waals surface area contributed by atoms with Gasteiger partial charge in [-0.05, 0) is 24.7 Å². The lowest BCUT2D eigenvalue weighted by Gasteiger charge is -2.25. The van der Waals surface area contributed by atoms with Gasteiger partial charge in [-0.25, -0.2) is 13.2 Å². The van der Waals surface area contributed by atoms with Gasteiger partial charge in [-0.15, -0.1) is 0 Å². The molecule has 2 rings (SSSR count). The van der Waals surface area contributed by atoms with E-state index in [2.05, 4.69) is 4.74 Å². The van der Waals surface area contributed by atoms with Gasteiger partial charge >= 0.3 is 5.97 Å². The Labute approximate surface area is 99.9 Å². The third-order valence-electron chi connectivity index (χ3n) is 2.65. The fourth-order valence-electron chi connectivity index (χ4n) is 1.92. The van der Waals surface area contributed by atoms with Gasteiger partial charge in [0.2, 0.25) is 0 Å². The van der Waals surface area contributed by atoms with E-state index in [9.17, 15) is 13.2 Å². The van der Waals surface area contributed by atoms with Gasteiger partial charge < -0.3 is 4.74 Å². The van der Waals surface area contributed by atoms with Crippen LogP contribution < -0.4 is 0 Å². The Morgan fingerprint density at radius 1 is 1.41 bits per heavy atom. The average Bonchev–Trinajstić information content (AvgIpc) is 2.26. The molecule has 0 atom stereocenters. The molecular weight excluding hydrogens is 242 g/mol. The van der Waals surface area contributed by atoms with Crippen molar-refractivity contribution in [3.05, 3.63) is 29.3 Å². The SMILES string of the molecule is COC(=O)c1ccc2c(c1)S(=O)(=O)CN(C)C2. The number of hydrogen-bond donors (Lipinski definition) is 0. The summed E-state index contributed by atoms with van der Waals surface area (Å²) < 4.78 is 28.5. The van der Waals surface area contributed by atoms with Crippen molar-refractivity contribution in [2.24, 2.45) is 0 Å². The van der Waals surface area contributed by atoms with E-state index in [4.69, 9.17) is 0 Å². The maximum absolute atomic E-state index is 12.0. The zero-order valence-corrected chi connectivity index (χ0v) is 10.5. The monoisotopic (exact) mass is 255 g/mol. The highest BCUT2D eigenvalue weighted by molar-refractivity contribution is 7.91. The van der Waals surface area contributed by atoms with Crippen molar-refractivity contribution in [2.75, 3.05) is 20.0 Å². The average molecular weight is 255 g/mol. The maximum atomic E-state index is 12.0. The van der Waals surface area contributed by atoms with Gasteiger partial charge in [-0.2, -0.15) is 0 Å². The summed E-state index contributed by atoms with van der Waals surface area (Å²) in [5.74, 6) is -0.549. The zero-order valence-electron chi connectivity index (χ0n) is 9.63. The van der Waals surface area contributed by atoms with Crippen molar-refractivity contribution in [1.29, 1.82) is 0 Å². The first kappa shape index (κ1) is 12.1. The molecule has 0 radical (unpaired) electrons. The van der Waals surface area contributed by atoms with Crippen LogP contribution in [-0.2, 0) is 21.1 Å². The molecule has 17 heavy (non-hydrogen) atoms. The molecule has 1 aromatic carbocycles. The van der Waals surface area contributed by atoms with Crippen molar-refractivity contribution >= 4 is 15.8 Å². The maximum Gasteiger partial charge on any atom is 0.337 e. The predicted molar refractivity (Wildman–Crippen MR) is 61.3 cm³/mol. The molecule has 1 heterocycles. The Hall–Kier alpha value is -1.40. The number of carbonyl (C=O) groups excluding carboxylic acids is 1. The summed E-state index contributed by atoms with van der Waals surface area (Å²) in [6, 6.07) is 4.64. The Morgan fingerprint density at radius 2 is 2.12 bits per heavy atom. The second-order valence-corrected chi connectivity index (χ2v) is 6.00. The molecule has 0 bridgehead atoms. The number of hydrogen-bond acceptors (Lipinski definition) is 5. The lowest BCUT2D eigenvalue weighted by atomic mass is 10.1. The standard InChI is InChI=1S/C11H13NO4S/c1-12-6-9-4-3-8(11(13)16-2)5-10(9)17(14,15)7-12/h3-5H,6-7H2,1-2H3. The zero-order chi connectivity index (χ0) is 12.6. The van der Waals surface area contributed by atoms with Crippen LogP contribution in [0.15, 0.2) is 23.1 Å². The first-order chi connectivity index (χ1) is 7.94. The summed E-state index contributed by atoms with van der Waals surface area (Å²) >= 11 is 0. The highest BCUT2D eigenvalue weighted by atomic mass is 32.2. The molecule has 0 saturated carbocycles. The number of sulfone groups is 1. The number of benzene rings is 1. The summed E-state index contributed by atoms with van der Waals surface area (Å²) in [6.07, 6.45) is 0. The van der Waals surface area contributed by atoms with E-state index in [1.807, 2.05) is 0 Å². The van der Waals surface area contributed by atoms with Gasteiger partial charge in [0.05, 0.1) is 17.6 Å². The van der Waals surface area contributed by atoms with Crippen LogP contribution in [0.1, 0.15) is 15.9 Å². The molecule has 1 aliphatic heterocycles. The summed E-state index contributed by atoms with van der Waals surface area (Å²) in [6.45, 7) is 0.565. The van der Waals surface area contributed by atoms with Gasteiger partial charge in [0.15, 0.2) is 9.84 Å². The Balaban J connectivity index is 2.55. The third-order valence-corrected chi connectivity index (χ3v) is 4.48. The molecule has 6 heteroatoms. The molecule has 0 amide bonds. The minimum atomic E-state index is -3.34. The third kappa shape index (κ3) is 2.18. The van der Waals surface area contributed by atoms with Crippen LogP contribution >= 0.6 is 0 Å². The van der Waals surface area contributed by atoms with E-state index >= 15 is 0 Å². The second kappa shape index (κ2) is 4.12. The summed E-state index contributed by atoms with van der Waals surface area (Å²) in [7, 11) is -0.325. The molecule has 0 saturated heterocycles. The van der Waals surface area contributed by atoms with E-state index in [0.29, 0.717) is 12.1 Å². The molecule has 0 aromatic heterocycles. The normalized spacial score (nSPS) is 18.5. The first-order valence-corrected chi connectivity index (χ1v) is 6.72. The van der Waals surface area contributed by atoms with E-state index in [1.54, 1.807) is 24.1 Å². The van der Waals surface area contributed by atoms with Crippen molar-refractivity contribution in [3.63, 3.8) is 0 Å². The van der Waals surface area contributed by atoms with Crippen LogP contribution in [0.4, 0.5) is 0 Å². The molecule has 1 aliphatic rings. The molecule has 5 nitrogen and oxygen atoms in total. The van der Waals surface area contributed by atoms with E-state index in [-0.39, 0.29) is 16.3 Å². The minimum Gasteiger partial charge on any atom is -0.465 e. The molecule has 92 valence electrons. The highest BCUT2D eigenvalue weighted by Crippen LogP contribution is 2.25.